The van der Waals surface area contributed by atoms with Gasteiger partial charge in [-0.1, -0.05) is 50.2 Å². The van der Waals surface area contributed by atoms with E-state index >= 15 is 0 Å². The third kappa shape index (κ3) is 3.99. The first-order valence-corrected chi connectivity index (χ1v) is 8.37. The molecule has 0 amide bonds. The van der Waals surface area contributed by atoms with Gasteiger partial charge in [-0.15, -0.1) is 0 Å². The molecule has 0 aliphatic rings. The van der Waals surface area contributed by atoms with Crippen molar-refractivity contribution in [2.24, 2.45) is 0 Å². The number of ether oxygens (including phenoxy) is 1. The number of rotatable bonds is 6. The zero-order valence-electron chi connectivity index (χ0n) is 14.4. The fourth-order valence-electron chi connectivity index (χ4n) is 2.66. The van der Waals surface area contributed by atoms with E-state index in [-0.39, 0.29) is 25.5 Å². The number of oxazole rings is 1. The van der Waals surface area contributed by atoms with Crippen LogP contribution in [-0.4, -0.2) is 10.5 Å². The van der Waals surface area contributed by atoms with E-state index in [0.29, 0.717) is 17.0 Å². The van der Waals surface area contributed by atoms with Crippen molar-refractivity contribution in [1.29, 1.82) is 0 Å². The van der Waals surface area contributed by atoms with Crippen LogP contribution in [-0.2, 0) is 22.7 Å². The molecule has 0 bridgehead atoms. The van der Waals surface area contributed by atoms with Gasteiger partial charge in [-0.25, -0.2) is 4.79 Å². The molecule has 5 heteroatoms. The first kappa shape index (κ1) is 17.0. The smallest absolute Gasteiger partial charge is 0.419 e. The van der Waals surface area contributed by atoms with E-state index in [4.69, 9.17) is 9.15 Å². The predicted molar refractivity (Wildman–Crippen MR) is 95.4 cm³/mol. The van der Waals surface area contributed by atoms with Crippen LogP contribution >= 0.6 is 0 Å². The van der Waals surface area contributed by atoms with Gasteiger partial charge >= 0.3 is 11.7 Å². The average molecular weight is 339 g/mol. The van der Waals surface area contributed by atoms with E-state index in [1.807, 2.05) is 30.3 Å². The lowest BCUT2D eigenvalue weighted by molar-refractivity contribution is -0.145. The SMILES string of the molecule is CC(C)c1ccc(COC(=O)CCn2c(=O)oc3ccccc32)cc1. The Balaban J connectivity index is 1.56. The minimum atomic E-state index is -0.460. The number of para-hydroxylation sites is 2. The van der Waals surface area contributed by atoms with Gasteiger partial charge in [0.15, 0.2) is 5.58 Å². The second-order valence-corrected chi connectivity index (χ2v) is 6.29. The second-order valence-electron chi connectivity index (χ2n) is 6.29. The van der Waals surface area contributed by atoms with Crippen LogP contribution in [0.4, 0.5) is 0 Å². The van der Waals surface area contributed by atoms with Gasteiger partial charge in [0, 0.05) is 6.54 Å². The molecule has 0 saturated carbocycles. The van der Waals surface area contributed by atoms with Gasteiger partial charge < -0.3 is 9.15 Å². The molecule has 0 fully saturated rings. The minimum absolute atomic E-state index is 0.119. The van der Waals surface area contributed by atoms with E-state index in [0.717, 1.165) is 5.56 Å². The lowest BCUT2D eigenvalue weighted by Gasteiger charge is -2.08. The van der Waals surface area contributed by atoms with Gasteiger partial charge in [0.05, 0.1) is 11.9 Å². The highest BCUT2D eigenvalue weighted by Crippen LogP contribution is 2.15. The fraction of sp³-hybridized carbons (Fsp3) is 0.300. The molecule has 0 unspecified atom stereocenters. The molecule has 5 nitrogen and oxygen atoms in total. The normalized spacial score (nSPS) is 11.2. The number of esters is 1. The van der Waals surface area contributed by atoms with Crippen LogP contribution in [0.2, 0.25) is 0 Å². The van der Waals surface area contributed by atoms with Crippen LogP contribution in [0.5, 0.6) is 0 Å². The summed E-state index contributed by atoms with van der Waals surface area (Å²) < 4.78 is 11.9. The molecule has 0 radical (unpaired) electrons. The Morgan fingerprint density at radius 2 is 1.84 bits per heavy atom. The van der Waals surface area contributed by atoms with Gasteiger partial charge in [0.1, 0.15) is 6.61 Å². The lowest BCUT2D eigenvalue weighted by atomic mass is 10.0. The number of carbonyl (C=O) groups is 1. The van der Waals surface area contributed by atoms with Crippen LogP contribution in [0.3, 0.4) is 0 Å². The molecule has 1 heterocycles. The molecule has 25 heavy (non-hydrogen) atoms. The summed E-state index contributed by atoms with van der Waals surface area (Å²) in [5.41, 5.74) is 3.40. The molecule has 0 N–H and O–H groups in total. The highest BCUT2D eigenvalue weighted by atomic mass is 16.5. The van der Waals surface area contributed by atoms with E-state index in [1.54, 1.807) is 18.2 Å². The van der Waals surface area contributed by atoms with E-state index in [9.17, 15) is 9.59 Å². The van der Waals surface area contributed by atoms with Crippen molar-refractivity contribution in [2.75, 3.05) is 0 Å². The molecular formula is C20H21NO4. The summed E-state index contributed by atoms with van der Waals surface area (Å²) in [6.45, 7) is 4.74. The Hall–Kier alpha value is -2.82. The second kappa shape index (κ2) is 7.38. The summed E-state index contributed by atoms with van der Waals surface area (Å²) in [5, 5.41) is 0. The molecule has 0 atom stereocenters. The third-order valence-corrected chi connectivity index (χ3v) is 4.16. The molecule has 0 aliphatic carbocycles. The number of aromatic nitrogens is 1. The van der Waals surface area contributed by atoms with Gasteiger partial charge in [0.25, 0.3) is 0 Å². The molecule has 3 aromatic rings. The zero-order valence-corrected chi connectivity index (χ0v) is 14.4. The van der Waals surface area contributed by atoms with E-state index in [1.165, 1.54) is 10.1 Å². The van der Waals surface area contributed by atoms with Crippen molar-refractivity contribution in [3.05, 3.63) is 70.2 Å². The van der Waals surface area contributed by atoms with Crippen molar-refractivity contribution in [3.8, 4) is 0 Å². The molecule has 0 saturated heterocycles. The van der Waals surface area contributed by atoms with Crippen LogP contribution < -0.4 is 5.76 Å². The van der Waals surface area contributed by atoms with Crippen molar-refractivity contribution in [1.82, 2.24) is 4.57 Å². The van der Waals surface area contributed by atoms with Crippen LogP contribution in [0.15, 0.2) is 57.7 Å². The standard InChI is InChI=1S/C20H21NO4/c1-14(2)16-9-7-15(8-10-16)13-24-19(22)11-12-21-17-5-3-4-6-18(17)25-20(21)23/h3-10,14H,11-13H2,1-2H3. The Labute approximate surface area is 145 Å². The number of aryl methyl sites for hydroxylation is 1. The zero-order chi connectivity index (χ0) is 17.8. The summed E-state index contributed by atoms with van der Waals surface area (Å²) in [7, 11) is 0. The van der Waals surface area contributed by atoms with Gasteiger partial charge in [-0.3, -0.25) is 9.36 Å². The van der Waals surface area contributed by atoms with Gasteiger partial charge in [-0.2, -0.15) is 0 Å². The van der Waals surface area contributed by atoms with Crippen LogP contribution in [0, 0.1) is 0 Å². The number of hydrogen-bond donors (Lipinski definition) is 0. The van der Waals surface area contributed by atoms with Crippen molar-refractivity contribution in [3.63, 3.8) is 0 Å². The highest BCUT2D eigenvalue weighted by molar-refractivity contribution is 5.73. The van der Waals surface area contributed by atoms with Gasteiger partial charge in [0.2, 0.25) is 0 Å². The monoisotopic (exact) mass is 339 g/mol. The summed E-state index contributed by atoms with van der Waals surface area (Å²) in [6.07, 6.45) is 0.119. The van der Waals surface area contributed by atoms with E-state index < -0.39 is 5.76 Å². The van der Waals surface area contributed by atoms with Gasteiger partial charge in [-0.05, 0) is 29.2 Å². The Morgan fingerprint density at radius 1 is 1.12 bits per heavy atom. The molecule has 1 aromatic heterocycles. The Kier molecular flexibility index (Phi) is 5.03. The molecule has 0 spiro atoms. The third-order valence-electron chi connectivity index (χ3n) is 4.16. The molecule has 0 aliphatic heterocycles. The number of fused-ring (bicyclic) bond motifs is 1. The van der Waals surface area contributed by atoms with Crippen LogP contribution in [0.1, 0.15) is 37.3 Å². The fourth-order valence-corrected chi connectivity index (χ4v) is 2.66. The summed E-state index contributed by atoms with van der Waals surface area (Å²) >= 11 is 0. The largest absolute Gasteiger partial charge is 0.461 e. The van der Waals surface area contributed by atoms with Crippen LogP contribution in [0.25, 0.3) is 11.1 Å². The first-order chi connectivity index (χ1) is 12.0. The summed E-state index contributed by atoms with van der Waals surface area (Å²) in [4.78, 5) is 23.8. The Morgan fingerprint density at radius 3 is 2.56 bits per heavy atom. The van der Waals surface area contributed by atoms with Crippen molar-refractivity contribution in [2.45, 2.75) is 39.3 Å². The molecule has 2 aromatic carbocycles. The first-order valence-electron chi connectivity index (χ1n) is 8.37. The maximum Gasteiger partial charge on any atom is 0.419 e. The molecule has 130 valence electrons. The maximum absolute atomic E-state index is 12.0. The highest BCUT2D eigenvalue weighted by Gasteiger charge is 2.11. The number of benzene rings is 2. The van der Waals surface area contributed by atoms with Crippen molar-refractivity contribution < 1.29 is 13.9 Å². The number of hydrogen-bond acceptors (Lipinski definition) is 4. The van der Waals surface area contributed by atoms with E-state index in [2.05, 4.69) is 13.8 Å². The average Bonchev–Trinajstić information content (AvgIpc) is 2.93. The minimum Gasteiger partial charge on any atom is -0.461 e. The summed E-state index contributed by atoms with van der Waals surface area (Å²) in [5.74, 6) is -0.330. The van der Waals surface area contributed by atoms with Crippen molar-refractivity contribution >= 4 is 17.1 Å². The molecule has 3 rings (SSSR count). The molecular weight excluding hydrogens is 318 g/mol. The topological polar surface area (TPSA) is 61.4 Å². The predicted octanol–water partition coefficient (Wildman–Crippen LogP) is 3.85. The quantitative estimate of drug-likeness (QED) is 0.640. The summed E-state index contributed by atoms with van der Waals surface area (Å²) in [6, 6.07) is 15.2. The maximum atomic E-state index is 12.0. The lowest BCUT2D eigenvalue weighted by Crippen LogP contribution is -2.17. The number of carbonyl (C=O) groups excluding carboxylic acids is 1. The number of nitrogens with zero attached hydrogens (tertiary/aromatic N) is 1. The Bertz CT molecular complexity index is 919.